The standard InChI is InChI=1S/C16H19NO5S2/c1-13(18)12-17(14-6-4-3-5-7-14)24(21,22)16-10-8-15(9-11-16)23(2,19)20/h3-11,13,18H,12H2,1-2H3. The molecule has 0 aromatic heterocycles. The van der Waals surface area contributed by atoms with E-state index in [1.807, 2.05) is 0 Å². The quantitative estimate of drug-likeness (QED) is 0.836. The van der Waals surface area contributed by atoms with Gasteiger partial charge < -0.3 is 5.11 Å². The van der Waals surface area contributed by atoms with Gasteiger partial charge in [-0.1, -0.05) is 18.2 Å². The summed E-state index contributed by atoms with van der Waals surface area (Å²) in [6, 6.07) is 13.4. The zero-order valence-electron chi connectivity index (χ0n) is 13.3. The summed E-state index contributed by atoms with van der Waals surface area (Å²) in [6.45, 7) is 1.39. The predicted octanol–water partition coefficient (Wildman–Crippen LogP) is 1.67. The molecule has 1 N–H and O–H groups in total. The molecule has 0 heterocycles. The number of sulfonamides is 1. The van der Waals surface area contributed by atoms with E-state index in [-0.39, 0.29) is 16.3 Å². The van der Waals surface area contributed by atoms with Crippen LogP contribution in [0.25, 0.3) is 0 Å². The van der Waals surface area contributed by atoms with Crippen LogP contribution in [0, 0.1) is 0 Å². The van der Waals surface area contributed by atoms with Gasteiger partial charge in [-0.25, -0.2) is 16.8 Å². The minimum absolute atomic E-state index is 0.0422. The number of aliphatic hydroxyl groups is 1. The molecule has 0 aliphatic rings. The first-order valence-electron chi connectivity index (χ1n) is 7.18. The first-order valence-corrected chi connectivity index (χ1v) is 10.5. The molecule has 6 nitrogen and oxygen atoms in total. The molecular formula is C16H19NO5S2. The van der Waals surface area contributed by atoms with E-state index in [1.165, 1.54) is 31.2 Å². The fourth-order valence-corrected chi connectivity index (χ4v) is 4.34. The van der Waals surface area contributed by atoms with Crippen molar-refractivity contribution in [1.82, 2.24) is 0 Å². The number of rotatable bonds is 6. The van der Waals surface area contributed by atoms with E-state index in [2.05, 4.69) is 0 Å². The molecule has 1 atom stereocenters. The van der Waals surface area contributed by atoms with Crippen LogP contribution in [-0.2, 0) is 19.9 Å². The second kappa shape index (κ2) is 6.92. The average Bonchev–Trinajstić information content (AvgIpc) is 2.52. The minimum Gasteiger partial charge on any atom is -0.392 e. The van der Waals surface area contributed by atoms with Gasteiger partial charge in [0.15, 0.2) is 9.84 Å². The number of aliphatic hydroxyl groups excluding tert-OH is 1. The second-order valence-electron chi connectivity index (χ2n) is 5.46. The van der Waals surface area contributed by atoms with E-state index >= 15 is 0 Å². The summed E-state index contributed by atoms with van der Waals surface area (Å²) < 4.78 is 49.9. The summed E-state index contributed by atoms with van der Waals surface area (Å²) in [4.78, 5) is 0.00244. The molecular weight excluding hydrogens is 350 g/mol. The van der Waals surface area contributed by atoms with Crippen molar-refractivity contribution in [3.05, 3.63) is 54.6 Å². The lowest BCUT2D eigenvalue weighted by Crippen LogP contribution is -2.36. The lowest BCUT2D eigenvalue weighted by Gasteiger charge is -2.25. The van der Waals surface area contributed by atoms with Crippen LogP contribution in [0.1, 0.15) is 6.92 Å². The molecule has 0 aliphatic carbocycles. The fourth-order valence-electron chi connectivity index (χ4n) is 2.16. The molecule has 24 heavy (non-hydrogen) atoms. The van der Waals surface area contributed by atoms with Crippen molar-refractivity contribution < 1.29 is 21.9 Å². The highest BCUT2D eigenvalue weighted by atomic mass is 32.2. The summed E-state index contributed by atoms with van der Waals surface area (Å²) >= 11 is 0. The first-order chi connectivity index (χ1) is 11.1. The Bertz CT molecular complexity index is 889. The Morgan fingerprint density at radius 3 is 1.88 bits per heavy atom. The Kier molecular flexibility index (Phi) is 5.32. The molecule has 0 fully saturated rings. The van der Waals surface area contributed by atoms with Gasteiger partial charge in [-0.05, 0) is 43.3 Å². The van der Waals surface area contributed by atoms with Crippen LogP contribution >= 0.6 is 0 Å². The van der Waals surface area contributed by atoms with Crippen molar-refractivity contribution in [2.24, 2.45) is 0 Å². The molecule has 0 saturated heterocycles. The molecule has 2 aromatic rings. The maximum Gasteiger partial charge on any atom is 0.264 e. The van der Waals surface area contributed by atoms with E-state index in [0.29, 0.717) is 5.69 Å². The number of nitrogens with zero attached hydrogens (tertiary/aromatic N) is 1. The highest BCUT2D eigenvalue weighted by Crippen LogP contribution is 2.24. The molecule has 0 saturated carbocycles. The van der Waals surface area contributed by atoms with E-state index in [0.717, 1.165) is 10.6 Å². The zero-order chi connectivity index (χ0) is 18.0. The lowest BCUT2D eigenvalue weighted by molar-refractivity contribution is 0.204. The van der Waals surface area contributed by atoms with Crippen molar-refractivity contribution in [2.45, 2.75) is 22.8 Å². The maximum absolute atomic E-state index is 12.9. The Morgan fingerprint density at radius 2 is 1.42 bits per heavy atom. The first kappa shape index (κ1) is 18.4. The predicted molar refractivity (Wildman–Crippen MR) is 92.2 cm³/mol. The van der Waals surface area contributed by atoms with Crippen LogP contribution < -0.4 is 4.31 Å². The number of benzene rings is 2. The Labute approximate surface area is 142 Å². The minimum atomic E-state index is -3.93. The molecule has 2 aromatic carbocycles. The van der Waals surface area contributed by atoms with Crippen LogP contribution in [-0.4, -0.2) is 40.8 Å². The summed E-state index contributed by atoms with van der Waals surface area (Å²) in [7, 11) is -7.34. The molecule has 0 amide bonds. The zero-order valence-corrected chi connectivity index (χ0v) is 15.0. The Morgan fingerprint density at radius 1 is 0.917 bits per heavy atom. The molecule has 0 radical (unpaired) electrons. The molecule has 0 aliphatic heterocycles. The third-order valence-corrected chi connectivity index (χ3v) is 6.25. The molecule has 0 bridgehead atoms. The maximum atomic E-state index is 12.9. The number of sulfone groups is 1. The van der Waals surface area contributed by atoms with Gasteiger partial charge in [-0.3, -0.25) is 4.31 Å². The van der Waals surface area contributed by atoms with Crippen molar-refractivity contribution in [1.29, 1.82) is 0 Å². The normalized spacial score (nSPS) is 13.5. The number of hydrogen-bond donors (Lipinski definition) is 1. The Hall–Kier alpha value is -1.90. The van der Waals surface area contributed by atoms with Gasteiger partial charge in [-0.2, -0.15) is 0 Å². The van der Waals surface area contributed by atoms with Gasteiger partial charge in [0.25, 0.3) is 10.0 Å². The van der Waals surface area contributed by atoms with Gasteiger partial charge in [0.1, 0.15) is 0 Å². The molecule has 130 valence electrons. The van der Waals surface area contributed by atoms with Gasteiger partial charge in [0.2, 0.25) is 0 Å². The summed E-state index contributed by atoms with van der Waals surface area (Å²) in [5.74, 6) is 0. The van der Waals surface area contributed by atoms with Crippen molar-refractivity contribution in [2.75, 3.05) is 17.1 Å². The van der Waals surface area contributed by atoms with Gasteiger partial charge in [-0.15, -0.1) is 0 Å². The molecule has 0 spiro atoms. The topological polar surface area (TPSA) is 91.8 Å². The lowest BCUT2D eigenvalue weighted by atomic mass is 10.3. The monoisotopic (exact) mass is 369 g/mol. The smallest absolute Gasteiger partial charge is 0.264 e. The van der Waals surface area contributed by atoms with Gasteiger partial charge in [0, 0.05) is 6.26 Å². The molecule has 1 unspecified atom stereocenters. The Balaban J connectivity index is 2.48. The summed E-state index contributed by atoms with van der Waals surface area (Å²) in [5.41, 5.74) is 0.422. The number of hydrogen-bond acceptors (Lipinski definition) is 5. The van der Waals surface area contributed by atoms with Crippen LogP contribution in [0.15, 0.2) is 64.4 Å². The van der Waals surface area contributed by atoms with Gasteiger partial charge in [0.05, 0.1) is 28.1 Å². The van der Waals surface area contributed by atoms with Crippen LogP contribution in [0.4, 0.5) is 5.69 Å². The highest BCUT2D eigenvalue weighted by Gasteiger charge is 2.26. The molecule has 8 heteroatoms. The van der Waals surface area contributed by atoms with E-state index in [9.17, 15) is 21.9 Å². The van der Waals surface area contributed by atoms with E-state index in [1.54, 1.807) is 30.3 Å². The third-order valence-electron chi connectivity index (χ3n) is 3.31. The van der Waals surface area contributed by atoms with Crippen LogP contribution in [0.3, 0.4) is 0 Å². The van der Waals surface area contributed by atoms with Gasteiger partial charge >= 0.3 is 0 Å². The fraction of sp³-hybridized carbons (Fsp3) is 0.250. The number of para-hydroxylation sites is 1. The summed E-state index contributed by atoms with van der Waals surface area (Å²) in [5, 5.41) is 9.66. The van der Waals surface area contributed by atoms with Crippen LogP contribution in [0.5, 0.6) is 0 Å². The van der Waals surface area contributed by atoms with Crippen molar-refractivity contribution in [3.63, 3.8) is 0 Å². The summed E-state index contributed by atoms with van der Waals surface area (Å²) in [6.07, 6.45) is 0.190. The van der Waals surface area contributed by atoms with Crippen molar-refractivity contribution in [3.8, 4) is 0 Å². The second-order valence-corrected chi connectivity index (χ2v) is 9.34. The van der Waals surface area contributed by atoms with E-state index < -0.39 is 26.0 Å². The third kappa shape index (κ3) is 4.14. The van der Waals surface area contributed by atoms with E-state index in [4.69, 9.17) is 0 Å². The highest BCUT2D eigenvalue weighted by molar-refractivity contribution is 7.93. The SMILES string of the molecule is CC(O)CN(c1ccccc1)S(=O)(=O)c1ccc(S(C)(=O)=O)cc1. The largest absolute Gasteiger partial charge is 0.392 e. The van der Waals surface area contributed by atoms with Crippen LogP contribution in [0.2, 0.25) is 0 Å². The average molecular weight is 369 g/mol. The number of anilines is 1. The van der Waals surface area contributed by atoms with Crippen molar-refractivity contribution >= 4 is 25.5 Å². The molecule has 2 rings (SSSR count).